The van der Waals surface area contributed by atoms with E-state index >= 15 is 0 Å². The van der Waals surface area contributed by atoms with Crippen molar-refractivity contribution >= 4 is 15.9 Å². The molecule has 0 amide bonds. The molecule has 0 radical (unpaired) electrons. The molecule has 2 N–H and O–H groups in total. The molecule has 1 atom stereocenters. The van der Waals surface area contributed by atoms with Crippen LogP contribution in [0.25, 0.3) is 0 Å². The maximum absolute atomic E-state index is 5.95. The van der Waals surface area contributed by atoms with E-state index in [9.17, 15) is 0 Å². The summed E-state index contributed by atoms with van der Waals surface area (Å²) in [6.07, 6.45) is 2.18. The van der Waals surface area contributed by atoms with Gasteiger partial charge in [0, 0.05) is 18.9 Å². The molecule has 1 aliphatic heterocycles. The summed E-state index contributed by atoms with van der Waals surface area (Å²) in [5.74, 6) is 0.890. The number of rotatable bonds is 3. The largest absolute Gasteiger partial charge is 0.489 e. The van der Waals surface area contributed by atoms with Gasteiger partial charge in [0.15, 0.2) is 0 Å². The second-order valence-electron chi connectivity index (χ2n) is 4.41. The second-order valence-corrected chi connectivity index (χ2v) is 5.26. The summed E-state index contributed by atoms with van der Waals surface area (Å²) >= 11 is 3.53. The summed E-state index contributed by atoms with van der Waals surface area (Å²) in [5.41, 5.74) is 6.95. The number of ether oxygens (including phenoxy) is 2. The summed E-state index contributed by atoms with van der Waals surface area (Å²) < 4.78 is 12.2. The van der Waals surface area contributed by atoms with Gasteiger partial charge in [0.1, 0.15) is 11.9 Å². The highest BCUT2D eigenvalue weighted by atomic mass is 79.9. The van der Waals surface area contributed by atoms with Crippen LogP contribution in [0.1, 0.15) is 31.4 Å². The van der Waals surface area contributed by atoms with E-state index in [2.05, 4.69) is 15.9 Å². The van der Waals surface area contributed by atoms with E-state index in [-0.39, 0.29) is 12.1 Å². The van der Waals surface area contributed by atoms with Gasteiger partial charge in [-0.05, 0) is 40.5 Å². The van der Waals surface area contributed by atoms with Crippen LogP contribution >= 0.6 is 15.9 Å². The van der Waals surface area contributed by atoms with Crippen LogP contribution in [0.15, 0.2) is 22.7 Å². The molecule has 0 aliphatic carbocycles. The number of halogens is 1. The van der Waals surface area contributed by atoms with Crippen molar-refractivity contribution in [2.24, 2.45) is 5.73 Å². The smallest absolute Gasteiger partial charge is 0.133 e. The SMILES string of the molecule is C[C@@H](N)c1ccc(OC2CCOCC2)c(Br)c1. The van der Waals surface area contributed by atoms with Crippen LogP contribution in [0.2, 0.25) is 0 Å². The summed E-state index contributed by atoms with van der Waals surface area (Å²) in [6, 6.07) is 6.07. The molecule has 1 saturated heterocycles. The average Bonchev–Trinajstić information content (AvgIpc) is 2.33. The zero-order valence-electron chi connectivity index (χ0n) is 9.99. The fourth-order valence-corrected chi connectivity index (χ4v) is 2.36. The van der Waals surface area contributed by atoms with Gasteiger partial charge in [-0.25, -0.2) is 0 Å². The fourth-order valence-electron chi connectivity index (χ4n) is 1.87. The highest BCUT2D eigenvalue weighted by Gasteiger charge is 2.16. The molecule has 1 heterocycles. The van der Waals surface area contributed by atoms with Crippen molar-refractivity contribution in [2.45, 2.75) is 31.9 Å². The van der Waals surface area contributed by atoms with Crippen LogP contribution in [-0.4, -0.2) is 19.3 Å². The first-order valence-corrected chi connectivity index (χ1v) is 6.75. The van der Waals surface area contributed by atoms with Crippen LogP contribution in [0.4, 0.5) is 0 Å². The van der Waals surface area contributed by atoms with Crippen LogP contribution in [0.5, 0.6) is 5.75 Å². The summed E-state index contributed by atoms with van der Waals surface area (Å²) in [7, 11) is 0. The molecule has 0 unspecified atom stereocenters. The fraction of sp³-hybridized carbons (Fsp3) is 0.538. The molecule has 1 aromatic rings. The third-order valence-electron chi connectivity index (χ3n) is 2.94. The Kier molecular flexibility index (Phi) is 4.42. The highest BCUT2D eigenvalue weighted by molar-refractivity contribution is 9.10. The van der Waals surface area contributed by atoms with Crippen molar-refractivity contribution in [3.8, 4) is 5.75 Å². The lowest BCUT2D eigenvalue weighted by molar-refractivity contribution is 0.0252. The van der Waals surface area contributed by atoms with Crippen molar-refractivity contribution < 1.29 is 9.47 Å². The molecule has 3 nitrogen and oxygen atoms in total. The molecule has 1 aromatic carbocycles. The molecule has 1 aliphatic rings. The summed E-state index contributed by atoms with van der Waals surface area (Å²) in [6.45, 7) is 3.56. The standard InChI is InChI=1S/C13H18BrNO2/c1-9(15)10-2-3-13(12(14)8-10)17-11-4-6-16-7-5-11/h2-3,8-9,11H,4-7,15H2,1H3/t9-/m1/s1. The van der Waals surface area contributed by atoms with Crippen molar-refractivity contribution in [2.75, 3.05) is 13.2 Å². The highest BCUT2D eigenvalue weighted by Crippen LogP contribution is 2.29. The van der Waals surface area contributed by atoms with Gasteiger partial charge in [0.05, 0.1) is 17.7 Å². The molecule has 94 valence electrons. The van der Waals surface area contributed by atoms with Gasteiger partial charge in [-0.2, -0.15) is 0 Å². The molecule has 2 rings (SSSR count). The minimum Gasteiger partial charge on any atom is -0.489 e. The number of hydrogen-bond acceptors (Lipinski definition) is 3. The third-order valence-corrected chi connectivity index (χ3v) is 3.56. The molecular weight excluding hydrogens is 282 g/mol. The van der Waals surface area contributed by atoms with Crippen molar-refractivity contribution in [3.63, 3.8) is 0 Å². The van der Waals surface area contributed by atoms with Crippen molar-refractivity contribution in [1.82, 2.24) is 0 Å². The van der Waals surface area contributed by atoms with Crippen LogP contribution in [0.3, 0.4) is 0 Å². The average molecular weight is 300 g/mol. The number of nitrogens with two attached hydrogens (primary N) is 1. The van der Waals surface area contributed by atoms with E-state index in [1.807, 2.05) is 25.1 Å². The number of benzene rings is 1. The van der Waals surface area contributed by atoms with E-state index in [1.165, 1.54) is 0 Å². The van der Waals surface area contributed by atoms with Gasteiger partial charge < -0.3 is 15.2 Å². The molecule has 0 bridgehead atoms. The molecule has 4 heteroatoms. The van der Waals surface area contributed by atoms with Gasteiger partial charge in [-0.15, -0.1) is 0 Å². The zero-order valence-corrected chi connectivity index (χ0v) is 11.6. The molecule has 0 spiro atoms. The lowest BCUT2D eigenvalue weighted by Gasteiger charge is -2.24. The Morgan fingerprint density at radius 3 is 2.71 bits per heavy atom. The lowest BCUT2D eigenvalue weighted by atomic mass is 10.1. The third kappa shape index (κ3) is 3.44. The van der Waals surface area contributed by atoms with E-state index < -0.39 is 0 Å². The van der Waals surface area contributed by atoms with Crippen LogP contribution in [-0.2, 0) is 4.74 Å². The first-order valence-electron chi connectivity index (χ1n) is 5.96. The van der Waals surface area contributed by atoms with Gasteiger partial charge in [-0.1, -0.05) is 6.07 Å². The van der Waals surface area contributed by atoms with Gasteiger partial charge >= 0.3 is 0 Å². The Labute approximate surface area is 110 Å². The first-order chi connectivity index (χ1) is 8.16. The van der Waals surface area contributed by atoms with Gasteiger partial charge in [-0.3, -0.25) is 0 Å². The first kappa shape index (κ1) is 12.9. The Hall–Kier alpha value is -0.580. The predicted octanol–water partition coefficient (Wildman–Crippen LogP) is 3.03. The normalized spacial score (nSPS) is 19.0. The van der Waals surface area contributed by atoms with Crippen molar-refractivity contribution in [1.29, 1.82) is 0 Å². The van der Waals surface area contributed by atoms with Gasteiger partial charge in [0.25, 0.3) is 0 Å². The van der Waals surface area contributed by atoms with Crippen LogP contribution in [0, 0.1) is 0 Å². The topological polar surface area (TPSA) is 44.5 Å². The van der Waals surface area contributed by atoms with E-state index in [1.54, 1.807) is 0 Å². The molecular formula is C13H18BrNO2. The quantitative estimate of drug-likeness (QED) is 0.933. The maximum atomic E-state index is 5.95. The molecule has 0 saturated carbocycles. The Bertz CT molecular complexity index is 376. The maximum Gasteiger partial charge on any atom is 0.133 e. The predicted molar refractivity (Wildman–Crippen MR) is 71.2 cm³/mol. The van der Waals surface area contributed by atoms with E-state index in [0.29, 0.717) is 0 Å². The van der Waals surface area contributed by atoms with E-state index in [4.69, 9.17) is 15.2 Å². The molecule has 0 aromatic heterocycles. The number of hydrogen-bond donors (Lipinski definition) is 1. The van der Waals surface area contributed by atoms with Crippen LogP contribution < -0.4 is 10.5 Å². The Morgan fingerprint density at radius 2 is 2.12 bits per heavy atom. The minimum absolute atomic E-state index is 0.0448. The lowest BCUT2D eigenvalue weighted by Crippen LogP contribution is -2.26. The summed E-state index contributed by atoms with van der Waals surface area (Å²) in [4.78, 5) is 0. The molecule has 1 fully saturated rings. The van der Waals surface area contributed by atoms with Crippen molar-refractivity contribution in [3.05, 3.63) is 28.2 Å². The Balaban J connectivity index is 2.05. The monoisotopic (exact) mass is 299 g/mol. The molecule has 17 heavy (non-hydrogen) atoms. The minimum atomic E-state index is 0.0448. The Morgan fingerprint density at radius 1 is 1.41 bits per heavy atom. The van der Waals surface area contributed by atoms with Gasteiger partial charge in [0.2, 0.25) is 0 Å². The summed E-state index contributed by atoms with van der Waals surface area (Å²) in [5, 5.41) is 0. The second kappa shape index (κ2) is 5.85. The van der Waals surface area contributed by atoms with E-state index in [0.717, 1.165) is 41.8 Å². The zero-order chi connectivity index (χ0) is 12.3.